The van der Waals surface area contributed by atoms with Crippen LogP contribution in [0.15, 0.2) is 23.2 Å². The van der Waals surface area contributed by atoms with Gasteiger partial charge in [-0.3, -0.25) is 0 Å². The Kier molecular flexibility index (Phi) is 3.16. The summed E-state index contributed by atoms with van der Waals surface area (Å²) in [6.07, 6.45) is 7.26. The van der Waals surface area contributed by atoms with Gasteiger partial charge in [0.25, 0.3) is 0 Å². The van der Waals surface area contributed by atoms with Crippen molar-refractivity contribution in [1.82, 2.24) is 0 Å². The van der Waals surface area contributed by atoms with Gasteiger partial charge in [0, 0.05) is 5.56 Å². The molecule has 2 fully saturated rings. The number of aliphatic imine (C=N–C) groups is 1. The fourth-order valence-corrected chi connectivity index (χ4v) is 2.67. The third kappa shape index (κ3) is 2.43. The standard InChI is InChI=1S/C16H19NO2/c1-12-3-6-15(19-10-13-4-5-13)14(9-12)16(17-11-18)7-2-8-16/h3,6,9,13H,2,4-5,7-8,10H2,1H3. The molecule has 100 valence electrons. The van der Waals surface area contributed by atoms with Crippen LogP contribution in [0.25, 0.3) is 0 Å². The summed E-state index contributed by atoms with van der Waals surface area (Å²) in [6.45, 7) is 2.85. The Balaban J connectivity index is 1.92. The predicted molar refractivity (Wildman–Crippen MR) is 73.0 cm³/mol. The molecule has 0 heterocycles. The summed E-state index contributed by atoms with van der Waals surface area (Å²) < 4.78 is 5.95. The van der Waals surface area contributed by atoms with Gasteiger partial charge in [-0.05, 0) is 57.1 Å². The second kappa shape index (κ2) is 4.82. The zero-order chi connectivity index (χ0) is 13.3. The van der Waals surface area contributed by atoms with E-state index in [9.17, 15) is 4.79 Å². The molecule has 2 aliphatic carbocycles. The Morgan fingerprint density at radius 2 is 2.21 bits per heavy atom. The minimum atomic E-state index is -0.368. The van der Waals surface area contributed by atoms with Crippen molar-refractivity contribution in [2.24, 2.45) is 10.9 Å². The number of isocyanates is 1. The summed E-state index contributed by atoms with van der Waals surface area (Å²) in [5, 5.41) is 0. The fourth-order valence-electron chi connectivity index (χ4n) is 2.67. The van der Waals surface area contributed by atoms with Crippen molar-refractivity contribution in [3.05, 3.63) is 29.3 Å². The number of aryl methyl sites for hydroxylation is 1. The Hall–Kier alpha value is -1.60. The number of hydrogen-bond donors (Lipinski definition) is 0. The Bertz CT molecular complexity index is 524. The van der Waals surface area contributed by atoms with Crippen LogP contribution < -0.4 is 4.74 Å². The third-order valence-corrected chi connectivity index (χ3v) is 4.25. The summed E-state index contributed by atoms with van der Waals surface area (Å²) in [4.78, 5) is 14.8. The van der Waals surface area contributed by atoms with E-state index in [0.29, 0.717) is 0 Å². The summed E-state index contributed by atoms with van der Waals surface area (Å²) >= 11 is 0. The lowest BCUT2D eigenvalue weighted by Gasteiger charge is -2.38. The van der Waals surface area contributed by atoms with Crippen LogP contribution in [0.2, 0.25) is 0 Å². The number of benzene rings is 1. The Morgan fingerprint density at radius 3 is 2.79 bits per heavy atom. The van der Waals surface area contributed by atoms with Gasteiger partial charge in [-0.25, -0.2) is 4.79 Å². The van der Waals surface area contributed by atoms with Gasteiger partial charge < -0.3 is 4.74 Å². The van der Waals surface area contributed by atoms with Gasteiger partial charge in [-0.2, -0.15) is 4.99 Å². The van der Waals surface area contributed by atoms with Crippen molar-refractivity contribution in [1.29, 1.82) is 0 Å². The molecule has 0 bridgehead atoms. The van der Waals surface area contributed by atoms with E-state index in [4.69, 9.17) is 4.74 Å². The van der Waals surface area contributed by atoms with Gasteiger partial charge >= 0.3 is 0 Å². The fraction of sp³-hybridized carbons (Fsp3) is 0.562. The molecule has 3 nitrogen and oxygen atoms in total. The van der Waals surface area contributed by atoms with Crippen LogP contribution in [-0.4, -0.2) is 12.7 Å². The van der Waals surface area contributed by atoms with Gasteiger partial charge in [0.15, 0.2) is 0 Å². The predicted octanol–water partition coefficient (Wildman–Crippen LogP) is 3.50. The highest BCUT2D eigenvalue weighted by Crippen LogP contribution is 2.48. The molecule has 2 saturated carbocycles. The van der Waals surface area contributed by atoms with E-state index >= 15 is 0 Å². The van der Waals surface area contributed by atoms with E-state index in [1.54, 1.807) is 6.08 Å². The summed E-state index contributed by atoms with van der Waals surface area (Å²) in [5.41, 5.74) is 1.89. The van der Waals surface area contributed by atoms with Crippen molar-refractivity contribution in [3.63, 3.8) is 0 Å². The highest BCUT2D eigenvalue weighted by Gasteiger charge is 2.41. The summed E-state index contributed by atoms with van der Waals surface area (Å²) in [7, 11) is 0. The molecule has 19 heavy (non-hydrogen) atoms. The van der Waals surface area contributed by atoms with Crippen molar-refractivity contribution in [3.8, 4) is 5.75 Å². The van der Waals surface area contributed by atoms with Gasteiger partial charge in [0.2, 0.25) is 6.08 Å². The number of hydrogen-bond acceptors (Lipinski definition) is 3. The number of carbonyl (C=O) groups excluding carboxylic acids is 1. The van der Waals surface area contributed by atoms with Crippen LogP contribution in [0.5, 0.6) is 5.75 Å². The third-order valence-electron chi connectivity index (χ3n) is 4.25. The first-order valence-electron chi connectivity index (χ1n) is 7.06. The van der Waals surface area contributed by atoms with E-state index in [0.717, 1.165) is 43.1 Å². The van der Waals surface area contributed by atoms with Crippen LogP contribution in [0.3, 0.4) is 0 Å². The maximum Gasteiger partial charge on any atom is 0.235 e. The van der Waals surface area contributed by atoms with Crippen LogP contribution in [0.4, 0.5) is 0 Å². The zero-order valence-corrected chi connectivity index (χ0v) is 11.3. The van der Waals surface area contributed by atoms with Gasteiger partial charge in [-0.1, -0.05) is 11.6 Å². The monoisotopic (exact) mass is 257 g/mol. The average molecular weight is 257 g/mol. The maximum absolute atomic E-state index is 10.7. The molecule has 0 saturated heterocycles. The van der Waals surface area contributed by atoms with Crippen molar-refractivity contribution < 1.29 is 9.53 Å². The molecule has 0 unspecified atom stereocenters. The largest absolute Gasteiger partial charge is 0.493 e. The van der Waals surface area contributed by atoms with E-state index < -0.39 is 0 Å². The molecule has 3 rings (SSSR count). The molecule has 0 N–H and O–H groups in total. The molecule has 1 aromatic carbocycles. The Morgan fingerprint density at radius 1 is 1.42 bits per heavy atom. The van der Waals surface area contributed by atoms with E-state index in [-0.39, 0.29) is 5.54 Å². The quantitative estimate of drug-likeness (QED) is 0.598. The van der Waals surface area contributed by atoms with Crippen LogP contribution in [0, 0.1) is 12.8 Å². The Labute approximate surface area is 113 Å². The summed E-state index contributed by atoms with van der Waals surface area (Å²) in [5.74, 6) is 1.62. The molecule has 0 spiro atoms. The second-order valence-electron chi connectivity index (χ2n) is 5.84. The van der Waals surface area contributed by atoms with E-state index in [2.05, 4.69) is 24.0 Å². The first-order chi connectivity index (χ1) is 9.23. The average Bonchev–Trinajstić information content (AvgIpc) is 3.16. The lowest BCUT2D eigenvalue weighted by atomic mass is 9.72. The number of nitrogens with zero attached hydrogens (tertiary/aromatic N) is 1. The molecular weight excluding hydrogens is 238 g/mol. The van der Waals surface area contributed by atoms with Crippen LogP contribution in [-0.2, 0) is 10.3 Å². The highest BCUT2D eigenvalue weighted by molar-refractivity contribution is 5.47. The normalized spacial score (nSPS) is 20.3. The zero-order valence-electron chi connectivity index (χ0n) is 11.3. The van der Waals surface area contributed by atoms with Crippen LogP contribution >= 0.6 is 0 Å². The molecule has 0 amide bonds. The topological polar surface area (TPSA) is 38.7 Å². The molecule has 0 aromatic heterocycles. The van der Waals surface area contributed by atoms with Gasteiger partial charge in [0.05, 0.1) is 6.61 Å². The van der Waals surface area contributed by atoms with Crippen molar-refractivity contribution >= 4 is 6.08 Å². The first kappa shape index (κ1) is 12.4. The van der Waals surface area contributed by atoms with E-state index in [1.165, 1.54) is 18.4 Å². The first-order valence-corrected chi connectivity index (χ1v) is 7.06. The lowest BCUT2D eigenvalue weighted by Crippen LogP contribution is -2.32. The molecule has 3 heteroatoms. The molecule has 0 radical (unpaired) electrons. The second-order valence-corrected chi connectivity index (χ2v) is 5.84. The SMILES string of the molecule is Cc1ccc(OCC2CC2)c(C2(N=C=O)CCC2)c1. The van der Waals surface area contributed by atoms with Gasteiger partial charge in [-0.15, -0.1) is 0 Å². The van der Waals surface area contributed by atoms with Gasteiger partial charge in [0.1, 0.15) is 11.3 Å². The molecule has 1 aromatic rings. The molecule has 0 atom stereocenters. The molecule has 0 aliphatic heterocycles. The number of ether oxygens (including phenoxy) is 1. The lowest BCUT2D eigenvalue weighted by molar-refractivity contribution is 0.233. The molecular formula is C16H19NO2. The van der Waals surface area contributed by atoms with Crippen LogP contribution in [0.1, 0.15) is 43.2 Å². The minimum Gasteiger partial charge on any atom is -0.493 e. The van der Waals surface area contributed by atoms with Crippen molar-refractivity contribution in [2.75, 3.05) is 6.61 Å². The van der Waals surface area contributed by atoms with E-state index in [1.807, 2.05) is 6.07 Å². The smallest absolute Gasteiger partial charge is 0.235 e. The number of rotatable bonds is 5. The molecule has 2 aliphatic rings. The van der Waals surface area contributed by atoms with Crippen molar-refractivity contribution in [2.45, 2.75) is 44.6 Å². The summed E-state index contributed by atoms with van der Waals surface area (Å²) in [6, 6.07) is 6.19. The maximum atomic E-state index is 10.7. The highest BCUT2D eigenvalue weighted by atomic mass is 16.5. The minimum absolute atomic E-state index is 0.368.